The maximum atomic E-state index is 11.1. The van der Waals surface area contributed by atoms with Gasteiger partial charge in [-0.1, -0.05) is 37.3 Å². The average Bonchev–Trinajstić information content (AvgIpc) is 2.52. The zero-order chi connectivity index (χ0) is 15.2. The van der Waals surface area contributed by atoms with E-state index in [2.05, 4.69) is 0 Å². The molecule has 5 heteroatoms. The van der Waals surface area contributed by atoms with Crippen LogP contribution in [0.4, 0.5) is 0 Å². The fourth-order valence-electron chi connectivity index (χ4n) is 2.81. The largest absolute Gasteiger partial charge is 0.481 e. The van der Waals surface area contributed by atoms with E-state index in [0.717, 1.165) is 18.4 Å². The molecule has 1 saturated heterocycles. The van der Waals surface area contributed by atoms with Gasteiger partial charge in [0, 0.05) is 12.6 Å². The molecule has 0 aliphatic carbocycles. The maximum absolute atomic E-state index is 11.1. The SMILES string of the molecule is CCC1CCC(C(=O)O)CN1C(O)OCc1ccccc1. The molecule has 1 fully saturated rings. The van der Waals surface area contributed by atoms with Gasteiger partial charge in [-0.15, -0.1) is 0 Å². The van der Waals surface area contributed by atoms with Crippen molar-refractivity contribution in [3.05, 3.63) is 35.9 Å². The third-order valence-corrected chi connectivity index (χ3v) is 4.09. The molecule has 0 spiro atoms. The van der Waals surface area contributed by atoms with Gasteiger partial charge in [-0.2, -0.15) is 0 Å². The highest BCUT2D eigenvalue weighted by Gasteiger charge is 2.34. The first-order chi connectivity index (χ1) is 10.1. The van der Waals surface area contributed by atoms with Gasteiger partial charge in [0.1, 0.15) is 0 Å². The van der Waals surface area contributed by atoms with Crippen molar-refractivity contribution in [2.75, 3.05) is 6.54 Å². The minimum Gasteiger partial charge on any atom is -0.481 e. The Bertz CT molecular complexity index is 451. The van der Waals surface area contributed by atoms with E-state index >= 15 is 0 Å². The molecule has 1 aromatic carbocycles. The summed E-state index contributed by atoms with van der Waals surface area (Å²) >= 11 is 0. The van der Waals surface area contributed by atoms with E-state index in [9.17, 15) is 9.90 Å². The van der Waals surface area contributed by atoms with Gasteiger partial charge >= 0.3 is 5.97 Å². The molecule has 1 heterocycles. The van der Waals surface area contributed by atoms with Gasteiger partial charge in [-0.3, -0.25) is 9.69 Å². The molecule has 3 unspecified atom stereocenters. The standard InChI is InChI=1S/C16H23NO4/c1-2-14-9-8-13(15(18)19)10-17(14)16(20)21-11-12-6-4-3-5-7-12/h3-7,13-14,16,20H,2,8-11H2,1H3,(H,18,19). The van der Waals surface area contributed by atoms with E-state index < -0.39 is 18.3 Å². The molecule has 2 rings (SSSR count). The second-order valence-corrected chi connectivity index (χ2v) is 5.49. The zero-order valence-corrected chi connectivity index (χ0v) is 12.3. The van der Waals surface area contributed by atoms with Crippen LogP contribution >= 0.6 is 0 Å². The molecule has 0 saturated carbocycles. The number of hydrogen-bond acceptors (Lipinski definition) is 4. The van der Waals surface area contributed by atoms with Crippen LogP contribution in [0.1, 0.15) is 31.7 Å². The molecular weight excluding hydrogens is 270 g/mol. The van der Waals surface area contributed by atoms with E-state index in [4.69, 9.17) is 9.84 Å². The number of aliphatic hydroxyl groups is 1. The highest BCUT2D eigenvalue weighted by Crippen LogP contribution is 2.26. The van der Waals surface area contributed by atoms with Crippen LogP contribution in [0.2, 0.25) is 0 Å². The van der Waals surface area contributed by atoms with Crippen LogP contribution in [0.3, 0.4) is 0 Å². The van der Waals surface area contributed by atoms with E-state index in [-0.39, 0.29) is 6.04 Å². The number of benzene rings is 1. The Morgan fingerprint density at radius 1 is 1.38 bits per heavy atom. The summed E-state index contributed by atoms with van der Waals surface area (Å²) < 4.78 is 5.52. The number of carboxylic acids is 1. The quantitative estimate of drug-likeness (QED) is 0.786. The first-order valence-corrected chi connectivity index (χ1v) is 7.44. The summed E-state index contributed by atoms with van der Waals surface area (Å²) in [4.78, 5) is 12.9. The number of ether oxygens (including phenoxy) is 1. The molecule has 0 amide bonds. The number of hydrogen-bond donors (Lipinski definition) is 2. The Morgan fingerprint density at radius 2 is 2.10 bits per heavy atom. The number of carbonyl (C=O) groups is 1. The third kappa shape index (κ3) is 4.27. The van der Waals surface area contributed by atoms with E-state index in [1.54, 1.807) is 4.90 Å². The summed E-state index contributed by atoms with van der Waals surface area (Å²) in [5, 5.41) is 19.4. The lowest BCUT2D eigenvalue weighted by Crippen LogP contribution is -2.51. The first-order valence-electron chi connectivity index (χ1n) is 7.44. The van der Waals surface area contributed by atoms with Crippen molar-refractivity contribution < 1.29 is 19.7 Å². The molecule has 0 bridgehead atoms. The third-order valence-electron chi connectivity index (χ3n) is 4.09. The van der Waals surface area contributed by atoms with Gasteiger partial charge in [0.2, 0.25) is 6.41 Å². The van der Waals surface area contributed by atoms with Crippen LogP contribution in [0.5, 0.6) is 0 Å². The van der Waals surface area contributed by atoms with Crippen molar-refractivity contribution in [1.29, 1.82) is 0 Å². The van der Waals surface area contributed by atoms with Gasteiger partial charge in [0.25, 0.3) is 0 Å². The number of aliphatic carboxylic acids is 1. The molecule has 0 aromatic heterocycles. The number of rotatable bonds is 6. The van der Waals surface area contributed by atoms with Gasteiger partial charge in [0.15, 0.2) is 0 Å². The first kappa shape index (κ1) is 15.9. The molecule has 0 radical (unpaired) electrons. The van der Waals surface area contributed by atoms with Gasteiger partial charge < -0.3 is 14.9 Å². The van der Waals surface area contributed by atoms with Crippen molar-refractivity contribution in [3.63, 3.8) is 0 Å². The van der Waals surface area contributed by atoms with Crippen molar-refractivity contribution in [2.45, 2.75) is 45.2 Å². The Hall–Kier alpha value is -1.43. The molecule has 116 valence electrons. The lowest BCUT2D eigenvalue weighted by molar-refractivity contribution is -0.223. The number of piperidine rings is 1. The van der Waals surface area contributed by atoms with Crippen LogP contribution in [-0.4, -0.2) is 40.1 Å². The fourth-order valence-corrected chi connectivity index (χ4v) is 2.81. The molecule has 3 atom stereocenters. The number of aliphatic hydroxyl groups excluding tert-OH is 1. The van der Waals surface area contributed by atoms with Crippen molar-refractivity contribution in [2.24, 2.45) is 5.92 Å². The zero-order valence-electron chi connectivity index (χ0n) is 12.3. The Morgan fingerprint density at radius 3 is 2.71 bits per heavy atom. The maximum Gasteiger partial charge on any atom is 0.307 e. The van der Waals surface area contributed by atoms with Crippen LogP contribution < -0.4 is 0 Å². The van der Waals surface area contributed by atoms with E-state index in [1.807, 2.05) is 37.3 Å². The molecule has 1 aliphatic rings. The molecular formula is C16H23NO4. The topological polar surface area (TPSA) is 70.0 Å². The summed E-state index contributed by atoms with van der Waals surface area (Å²) in [7, 11) is 0. The normalized spacial score (nSPS) is 24.7. The van der Waals surface area contributed by atoms with Crippen LogP contribution in [0, 0.1) is 5.92 Å². The number of carboxylic acid groups (broad SMARTS) is 1. The van der Waals surface area contributed by atoms with E-state index in [0.29, 0.717) is 19.6 Å². The second-order valence-electron chi connectivity index (χ2n) is 5.49. The van der Waals surface area contributed by atoms with Gasteiger partial charge in [0.05, 0.1) is 12.5 Å². The fraction of sp³-hybridized carbons (Fsp3) is 0.562. The summed E-state index contributed by atoms with van der Waals surface area (Å²) in [5.74, 6) is -1.23. The van der Waals surface area contributed by atoms with Crippen molar-refractivity contribution in [3.8, 4) is 0 Å². The summed E-state index contributed by atoms with van der Waals surface area (Å²) in [6, 6.07) is 9.80. The minimum atomic E-state index is -1.06. The van der Waals surface area contributed by atoms with Crippen LogP contribution in [0.15, 0.2) is 30.3 Å². The average molecular weight is 293 g/mol. The number of nitrogens with zero attached hydrogens (tertiary/aromatic N) is 1. The highest BCUT2D eigenvalue weighted by atomic mass is 16.6. The molecule has 1 aromatic rings. The number of likely N-dealkylation sites (tertiary alicyclic amines) is 1. The van der Waals surface area contributed by atoms with Gasteiger partial charge in [-0.05, 0) is 24.8 Å². The molecule has 1 aliphatic heterocycles. The molecule has 5 nitrogen and oxygen atoms in total. The Balaban J connectivity index is 1.94. The van der Waals surface area contributed by atoms with Crippen LogP contribution in [0.25, 0.3) is 0 Å². The predicted octanol–water partition coefficient (Wildman–Crippen LogP) is 2.05. The van der Waals surface area contributed by atoms with Gasteiger partial charge in [-0.25, -0.2) is 0 Å². The molecule has 2 N–H and O–H groups in total. The summed E-state index contributed by atoms with van der Waals surface area (Å²) in [6.45, 7) is 2.69. The van der Waals surface area contributed by atoms with E-state index in [1.165, 1.54) is 0 Å². The van der Waals surface area contributed by atoms with Crippen molar-refractivity contribution in [1.82, 2.24) is 4.90 Å². The Labute approximate surface area is 125 Å². The predicted molar refractivity (Wildman–Crippen MR) is 78.4 cm³/mol. The minimum absolute atomic E-state index is 0.173. The lowest BCUT2D eigenvalue weighted by Gasteiger charge is -2.40. The summed E-state index contributed by atoms with van der Waals surface area (Å²) in [6.07, 6.45) is 1.25. The molecule has 21 heavy (non-hydrogen) atoms. The Kier molecular flexibility index (Phi) is 5.73. The lowest BCUT2D eigenvalue weighted by atomic mass is 9.92. The van der Waals surface area contributed by atoms with Crippen molar-refractivity contribution >= 4 is 5.97 Å². The highest BCUT2D eigenvalue weighted by molar-refractivity contribution is 5.70. The summed E-state index contributed by atoms with van der Waals surface area (Å²) in [5.41, 5.74) is 0.983. The van der Waals surface area contributed by atoms with Crippen LogP contribution in [-0.2, 0) is 16.1 Å². The monoisotopic (exact) mass is 293 g/mol. The second kappa shape index (κ2) is 7.54. The smallest absolute Gasteiger partial charge is 0.307 e.